The van der Waals surface area contributed by atoms with Crippen LogP contribution in [-0.4, -0.2) is 16.0 Å². The van der Waals surface area contributed by atoms with Crippen molar-refractivity contribution in [3.63, 3.8) is 0 Å². The molecule has 0 bridgehead atoms. The highest BCUT2D eigenvalue weighted by Gasteiger charge is 2.42. The molecule has 2 aromatic carbocycles. The topological polar surface area (TPSA) is 70.4 Å². The maximum atomic E-state index is 12.3. The lowest BCUT2D eigenvalue weighted by atomic mass is 10.0. The molecular weight excluding hydrogens is 560 g/mol. The molecule has 2 aromatic heterocycles. The van der Waals surface area contributed by atoms with Gasteiger partial charge in [0.15, 0.2) is 5.11 Å². The highest BCUT2D eigenvalue weighted by molar-refractivity contribution is 9.10. The van der Waals surface area contributed by atoms with Crippen molar-refractivity contribution in [3.05, 3.63) is 100.0 Å². The lowest BCUT2D eigenvalue weighted by Gasteiger charge is -2.27. The largest absolute Gasteiger partial charge is 0.459 e. The van der Waals surface area contributed by atoms with E-state index in [-0.39, 0.29) is 23.9 Å². The molecule has 4 aromatic rings. The quantitative estimate of drug-likeness (QED) is 0.227. The number of amides is 1. The zero-order valence-corrected chi connectivity index (χ0v) is 24.1. The van der Waals surface area contributed by atoms with Crippen molar-refractivity contribution in [2.24, 2.45) is 5.92 Å². The second kappa shape index (κ2) is 10.7. The van der Waals surface area contributed by atoms with Gasteiger partial charge in [0.25, 0.3) is 0 Å². The lowest BCUT2D eigenvalue weighted by molar-refractivity contribution is -0.118. The van der Waals surface area contributed by atoms with Crippen molar-refractivity contribution in [1.29, 1.82) is 0 Å². The van der Waals surface area contributed by atoms with Crippen LogP contribution in [-0.2, 0) is 4.79 Å². The molecule has 194 valence electrons. The molecule has 8 heteroatoms. The Labute approximate surface area is 236 Å². The first kappa shape index (κ1) is 26.1. The molecule has 0 aliphatic carbocycles. The highest BCUT2D eigenvalue weighted by Crippen LogP contribution is 2.44. The van der Waals surface area contributed by atoms with E-state index in [0.29, 0.717) is 5.11 Å². The van der Waals surface area contributed by atoms with Gasteiger partial charge >= 0.3 is 0 Å². The van der Waals surface area contributed by atoms with E-state index in [1.165, 1.54) is 5.56 Å². The number of halogens is 1. The normalized spacial score (nSPS) is 17.1. The zero-order chi connectivity index (χ0) is 27.0. The number of hydrogen-bond acceptors (Lipinski definition) is 4. The van der Waals surface area contributed by atoms with E-state index in [2.05, 4.69) is 61.6 Å². The van der Waals surface area contributed by atoms with E-state index in [9.17, 15) is 4.79 Å². The smallest absolute Gasteiger partial charge is 0.226 e. The minimum atomic E-state index is -0.272. The summed E-state index contributed by atoms with van der Waals surface area (Å²) in [5, 5.41) is 7.06. The first-order valence-electron chi connectivity index (χ1n) is 12.5. The third kappa shape index (κ3) is 5.11. The summed E-state index contributed by atoms with van der Waals surface area (Å²) in [5.41, 5.74) is 5.66. The molecule has 1 amide bonds. The third-order valence-corrected chi connectivity index (χ3v) is 7.65. The van der Waals surface area contributed by atoms with E-state index in [4.69, 9.17) is 16.6 Å². The Balaban J connectivity index is 1.56. The Hall–Kier alpha value is -3.49. The summed E-state index contributed by atoms with van der Waals surface area (Å²) in [7, 11) is 0. The summed E-state index contributed by atoms with van der Waals surface area (Å²) < 4.78 is 7.48. The fraction of sp³-hybridized carbons (Fsp3) is 0.233. The standard InChI is InChI=1S/C30H29BrN4O2S/c1-17(2)29(36)33-23-11-9-20(16-19(23)4)35-28(27(34-30(35)38)24-7-5-6-14-32-24)26-13-12-25(37-26)21-10-8-18(3)15-22(21)31/h5-17,27-28H,1-4H3,(H,33,36)(H,34,38)/t27-,28-/m1/s1. The van der Waals surface area contributed by atoms with Gasteiger partial charge in [-0.2, -0.15) is 0 Å². The van der Waals surface area contributed by atoms with Gasteiger partial charge in [-0.25, -0.2) is 0 Å². The molecule has 1 saturated heterocycles. The van der Waals surface area contributed by atoms with Crippen LogP contribution >= 0.6 is 28.1 Å². The molecule has 1 aliphatic heterocycles. The molecule has 0 unspecified atom stereocenters. The summed E-state index contributed by atoms with van der Waals surface area (Å²) >= 11 is 9.54. The first-order chi connectivity index (χ1) is 18.2. The number of pyridine rings is 1. The van der Waals surface area contributed by atoms with Crippen LogP contribution < -0.4 is 15.5 Å². The minimum Gasteiger partial charge on any atom is -0.459 e. The lowest BCUT2D eigenvalue weighted by Crippen LogP contribution is -2.29. The molecule has 0 spiro atoms. The average molecular weight is 590 g/mol. The monoisotopic (exact) mass is 588 g/mol. The minimum absolute atomic E-state index is 0.0160. The van der Waals surface area contributed by atoms with Gasteiger partial charge in [-0.1, -0.05) is 41.9 Å². The number of nitrogens with zero attached hydrogens (tertiary/aromatic N) is 2. The number of hydrogen-bond donors (Lipinski definition) is 2. The second-order valence-electron chi connectivity index (χ2n) is 9.83. The van der Waals surface area contributed by atoms with E-state index in [1.807, 2.05) is 69.3 Å². The molecular formula is C30H29BrN4O2S. The number of aromatic nitrogens is 1. The number of nitrogens with one attached hydrogen (secondary N) is 2. The fourth-order valence-electron chi connectivity index (χ4n) is 4.61. The summed E-state index contributed by atoms with van der Waals surface area (Å²) in [6.07, 6.45) is 1.78. The Morgan fingerprint density at radius 1 is 1.11 bits per heavy atom. The highest BCUT2D eigenvalue weighted by atomic mass is 79.9. The fourth-order valence-corrected chi connectivity index (χ4v) is 5.65. The summed E-state index contributed by atoms with van der Waals surface area (Å²) in [5.74, 6) is 1.42. The first-order valence-corrected chi connectivity index (χ1v) is 13.7. The second-order valence-corrected chi connectivity index (χ2v) is 11.1. The van der Waals surface area contributed by atoms with Crippen LogP contribution in [0, 0.1) is 19.8 Å². The molecule has 1 fully saturated rings. The van der Waals surface area contributed by atoms with Crippen molar-refractivity contribution < 1.29 is 9.21 Å². The van der Waals surface area contributed by atoms with Gasteiger partial charge in [0.1, 0.15) is 17.6 Å². The van der Waals surface area contributed by atoms with E-state index in [1.54, 1.807) is 6.20 Å². The maximum Gasteiger partial charge on any atom is 0.226 e. The van der Waals surface area contributed by atoms with Crippen molar-refractivity contribution in [2.45, 2.75) is 39.8 Å². The van der Waals surface area contributed by atoms with Gasteiger partial charge in [0.2, 0.25) is 5.91 Å². The molecule has 2 N–H and O–H groups in total. The Bertz CT molecular complexity index is 1500. The van der Waals surface area contributed by atoms with Gasteiger partial charge in [-0.05, 0) is 91.8 Å². The van der Waals surface area contributed by atoms with E-state index in [0.717, 1.165) is 44.2 Å². The third-order valence-electron chi connectivity index (χ3n) is 6.68. The van der Waals surface area contributed by atoms with Crippen LogP contribution in [0.2, 0.25) is 0 Å². The Kier molecular flexibility index (Phi) is 7.36. The number of thiocarbonyl (C=S) groups is 1. The summed E-state index contributed by atoms with van der Waals surface area (Å²) in [6, 6.07) is 21.5. The molecule has 3 heterocycles. The van der Waals surface area contributed by atoms with Crippen LogP contribution in [0.25, 0.3) is 11.3 Å². The SMILES string of the molecule is Cc1ccc(-c2ccc([C@@H]3[C@@H](c4ccccn4)NC(=S)N3c3ccc(NC(=O)C(C)C)c(C)c3)o2)c(Br)c1. The Morgan fingerprint density at radius 2 is 1.92 bits per heavy atom. The number of carbonyl (C=O) groups is 1. The average Bonchev–Trinajstić information content (AvgIpc) is 3.50. The molecule has 0 radical (unpaired) electrons. The number of carbonyl (C=O) groups excluding carboxylic acids is 1. The van der Waals surface area contributed by atoms with Gasteiger partial charge in [-0.15, -0.1) is 0 Å². The van der Waals surface area contributed by atoms with Crippen molar-refractivity contribution in [2.75, 3.05) is 10.2 Å². The van der Waals surface area contributed by atoms with Crippen molar-refractivity contribution >= 4 is 50.5 Å². The van der Waals surface area contributed by atoms with Crippen LogP contribution in [0.3, 0.4) is 0 Å². The molecule has 6 nitrogen and oxygen atoms in total. The van der Waals surface area contributed by atoms with Gasteiger partial charge in [0.05, 0.1) is 11.7 Å². The molecule has 0 saturated carbocycles. The Morgan fingerprint density at radius 3 is 2.61 bits per heavy atom. The molecule has 2 atom stereocenters. The van der Waals surface area contributed by atoms with Crippen molar-refractivity contribution in [3.8, 4) is 11.3 Å². The number of rotatable bonds is 6. The van der Waals surface area contributed by atoms with E-state index < -0.39 is 0 Å². The maximum absolute atomic E-state index is 12.3. The van der Waals surface area contributed by atoms with Crippen LogP contribution in [0.5, 0.6) is 0 Å². The number of furan rings is 1. The predicted molar refractivity (Wildman–Crippen MR) is 159 cm³/mol. The number of benzene rings is 2. The van der Waals surface area contributed by atoms with E-state index >= 15 is 0 Å². The van der Waals surface area contributed by atoms with Crippen LogP contribution in [0.1, 0.15) is 48.5 Å². The predicted octanol–water partition coefficient (Wildman–Crippen LogP) is 7.49. The zero-order valence-electron chi connectivity index (χ0n) is 21.7. The summed E-state index contributed by atoms with van der Waals surface area (Å²) in [6.45, 7) is 7.80. The van der Waals surface area contributed by atoms with Crippen molar-refractivity contribution in [1.82, 2.24) is 10.3 Å². The molecule has 1 aliphatic rings. The number of aryl methyl sites for hydroxylation is 2. The van der Waals surface area contributed by atoms with Gasteiger partial charge in [0, 0.05) is 33.5 Å². The molecule has 38 heavy (non-hydrogen) atoms. The number of anilines is 2. The van der Waals surface area contributed by atoms with Crippen LogP contribution in [0.15, 0.2) is 81.8 Å². The van der Waals surface area contributed by atoms with Gasteiger partial charge in [-0.3, -0.25) is 9.78 Å². The van der Waals surface area contributed by atoms with Gasteiger partial charge < -0.3 is 20.0 Å². The van der Waals surface area contributed by atoms with Crippen LogP contribution in [0.4, 0.5) is 11.4 Å². The summed E-state index contributed by atoms with van der Waals surface area (Å²) in [4.78, 5) is 19.0. The molecule has 5 rings (SSSR count).